The predicted octanol–water partition coefficient (Wildman–Crippen LogP) is 2.23. The van der Waals surface area contributed by atoms with Crippen molar-refractivity contribution < 1.29 is 4.79 Å². The van der Waals surface area contributed by atoms with E-state index in [0.29, 0.717) is 23.7 Å². The maximum atomic E-state index is 13.0. The van der Waals surface area contributed by atoms with Gasteiger partial charge < -0.3 is 10.6 Å². The van der Waals surface area contributed by atoms with Crippen LogP contribution in [0, 0.1) is 19.8 Å². The van der Waals surface area contributed by atoms with E-state index in [2.05, 4.69) is 22.1 Å². The number of carbonyl (C=O) groups excluding carboxylic acids is 1. The third-order valence-corrected chi connectivity index (χ3v) is 4.32. The molecule has 1 aliphatic rings. The lowest BCUT2D eigenvalue weighted by Gasteiger charge is -2.22. The third kappa shape index (κ3) is 3.44. The van der Waals surface area contributed by atoms with Gasteiger partial charge in [-0.1, -0.05) is 0 Å². The van der Waals surface area contributed by atoms with Crippen molar-refractivity contribution in [1.29, 1.82) is 0 Å². The number of aromatic nitrogens is 3. The highest BCUT2D eigenvalue weighted by Gasteiger charge is 2.33. The van der Waals surface area contributed by atoms with E-state index in [1.807, 2.05) is 24.8 Å². The molecule has 1 fully saturated rings. The van der Waals surface area contributed by atoms with Gasteiger partial charge in [0.15, 0.2) is 5.65 Å². The van der Waals surface area contributed by atoms with Gasteiger partial charge in [0.25, 0.3) is 5.91 Å². The number of H-pyrrole nitrogens is 1. The summed E-state index contributed by atoms with van der Waals surface area (Å²) in [5.74, 6) is 0.450. The number of hydrogen-bond acceptors (Lipinski definition) is 4. The highest BCUT2D eigenvalue weighted by atomic mass is 35.5. The van der Waals surface area contributed by atoms with Gasteiger partial charge in [-0.05, 0) is 45.7 Å². The summed E-state index contributed by atoms with van der Waals surface area (Å²) in [5.41, 5.74) is 8.74. The van der Waals surface area contributed by atoms with Crippen LogP contribution < -0.4 is 5.73 Å². The molecule has 0 aliphatic carbocycles. The highest BCUT2D eigenvalue weighted by Crippen LogP contribution is 2.27. The lowest BCUT2D eigenvalue weighted by Crippen LogP contribution is -2.34. The molecule has 0 bridgehead atoms. The average Bonchev–Trinajstić information content (AvgIpc) is 3.01. The number of pyridine rings is 1. The molecule has 1 saturated heterocycles. The number of nitrogens with one attached hydrogen (secondary N) is 1. The maximum Gasteiger partial charge on any atom is 0.254 e. The molecule has 128 valence electrons. The van der Waals surface area contributed by atoms with Gasteiger partial charge >= 0.3 is 0 Å². The Morgan fingerprint density at radius 2 is 2.13 bits per heavy atom. The Kier molecular flexibility index (Phi) is 6.39. The van der Waals surface area contributed by atoms with Gasteiger partial charge in [-0.25, -0.2) is 4.98 Å². The Balaban J connectivity index is 0.00000132. The van der Waals surface area contributed by atoms with Crippen LogP contribution in [0.5, 0.6) is 0 Å². The SMILES string of the molecule is Cc1cc(C(=O)N2CC(CN)CC2C)c2c(C)[nH]nc2n1.Cl.Cl. The van der Waals surface area contributed by atoms with Gasteiger partial charge in [0, 0.05) is 24.0 Å². The number of carbonyl (C=O) groups is 1. The Bertz CT molecular complexity index is 702. The van der Waals surface area contributed by atoms with E-state index in [-0.39, 0.29) is 36.8 Å². The molecular formula is C15H23Cl2N5O. The van der Waals surface area contributed by atoms with Crippen LogP contribution in [0.3, 0.4) is 0 Å². The molecule has 0 radical (unpaired) electrons. The number of hydrogen-bond donors (Lipinski definition) is 2. The molecule has 2 unspecified atom stereocenters. The molecular weight excluding hydrogens is 337 g/mol. The lowest BCUT2D eigenvalue weighted by molar-refractivity contribution is 0.0745. The summed E-state index contributed by atoms with van der Waals surface area (Å²) in [7, 11) is 0. The molecule has 8 heteroatoms. The van der Waals surface area contributed by atoms with Crippen molar-refractivity contribution >= 4 is 41.8 Å². The first kappa shape index (κ1) is 19.7. The Morgan fingerprint density at radius 3 is 2.74 bits per heavy atom. The van der Waals surface area contributed by atoms with Gasteiger partial charge in [0.05, 0.1) is 10.9 Å². The summed E-state index contributed by atoms with van der Waals surface area (Å²) in [4.78, 5) is 19.3. The zero-order chi connectivity index (χ0) is 15.1. The Labute approximate surface area is 148 Å². The molecule has 1 amide bonds. The normalized spacial score (nSPS) is 20.3. The van der Waals surface area contributed by atoms with E-state index in [1.54, 1.807) is 0 Å². The monoisotopic (exact) mass is 359 g/mol. The molecule has 1 aliphatic heterocycles. The lowest BCUT2D eigenvalue weighted by atomic mass is 10.1. The second-order valence-corrected chi connectivity index (χ2v) is 6.00. The molecule has 2 atom stereocenters. The summed E-state index contributed by atoms with van der Waals surface area (Å²) >= 11 is 0. The maximum absolute atomic E-state index is 13.0. The van der Waals surface area contributed by atoms with E-state index in [4.69, 9.17) is 5.73 Å². The van der Waals surface area contributed by atoms with Gasteiger partial charge in [-0.3, -0.25) is 9.89 Å². The van der Waals surface area contributed by atoms with Crippen LogP contribution >= 0.6 is 24.8 Å². The topological polar surface area (TPSA) is 87.9 Å². The second-order valence-electron chi connectivity index (χ2n) is 6.00. The van der Waals surface area contributed by atoms with Crippen LogP contribution in [0.25, 0.3) is 11.0 Å². The molecule has 3 heterocycles. The fourth-order valence-corrected chi connectivity index (χ4v) is 3.22. The van der Waals surface area contributed by atoms with E-state index in [1.165, 1.54) is 0 Å². The van der Waals surface area contributed by atoms with Gasteiger partial charge in [0.2, 0.25) is 0 Å². The second kappa shape index (κ2) is 7.47. The fourth-order valence-electron chi connectivity index (χ4n) is 3.22. The van der Waals surface area contributed by atoms with Crippen molar-refractivity contribution in [2.24, 2.45) is 11.7 Å². The number of amides is 1. The van der Waals surface area contributed by atoms with Crippen LogP contribution in [-0.4, -0.2) is 45.1 Å². The molecule has 0 saturated carbocycles. The smallest absolute Gasteiger partial charge is 0.254 e. The number of fused-ring (bicyclic) bond motifs is 1. The van der Waals surface area contributed by atoms with Crippen LogP contribution in [0.4, 0.5) is 0 Å². The number of likely N-dealkylation sites (tertiary alicyclic amines) is 1. The quantitative estimate of drug-likeness (QED) is 0.860. The van der Waals surface area contributed by atoms with Crippen molar-refractivity contribution in [2.75, 3.05) is 13.1 Å². The minimum absolute atomic E-state index is 0. The summed E-state index contributed by atoms with van der Waals surface area (Å²) in [5, 5.41) is 7.92. The number of nitrogens with two attached hydrogens (primary N) is 1. The number of rotatable bonds is 2. The molecule has 3 rings (SSSR count). The molecule has 0 aromatic carbocycles. The van der Waals surface area contributed by atoms with E-state index in [0.717, 1.165) is 29.7 Å². The fraction of sp³-hybridized carbons (Fsp3) is 0.533. The summed E-state index contributed by atoms with van der Waals surface area (Å²) < 4.78 is 0. The van der Waals surface area contributed by atoms with Crippen molar-refractivity contribution in [3.8, 4) is 0 Å². The number of nitrogens with zero attached hydrogens (tertiary/aromatic N) is 3. The van der Waals surface area contributed by atoms with E-state index < -0.39 is 0 Å². The zero-order valence-electron chi connectivity index (χ0n) is 13.5. The minimum Gasteiger partial charge on any atom is -0.336 e. The largest absolute Gasteiger partial charge is 0.336 e. The van der Waals surface area contributed by atoms with Gasteiger partial charge in [-0.15, -0.1) is 24.8 Å². The summed E-state index contributed by atoms with van der Waals surface area (Å²) in [6.07, 6.45) is 0.972. The van der Waals surface area contributed by atoms with Gasteiger partial charge in [0.1, 0.15) is 0 Å². The van der Waals surface area contributed by atoms with E-state index >= 15 is 0 Å². The average molecular weight is 360 g/mol. The predicted molar refractivity (Wildman–Crippen MR) is 95.5 cm³/mol. The Morgan fingerprint density at radius 1 is 1.43 bits per heavy atom. The van der Waals surface area contributed by atoms with Crippen LogP contribution in [0.1, 0.15) is 35.1 Å². The first-order chi connectivity index (χ1) is 10.0. The first-order valence-corrected chi connectivity index (χ1v) is 7.34. The molecule has 2 aromatic rings. The third-order valence-electron chi connectivity index (χ3n) is 4.32. The number of aromatic amines is 1. The molecule has 0 spiro atoms. The van der Waals surface area contributed by atoms with Crippen LogP contribution in [-0.2, 0) is 0 Å². The van der Waals surface area contributed by atoms with Crippen LogP contribution in [0.2, 0.25) is 0 Å². The minimum atomic E-state index is 0. The Hall–Kier alpha value is -1.37. The zero-order valence-corrected chi connectivity index (χ0v) is 15.1. The number of halogens is 2. The van der Waals surface area contributed by atoms with Crippen LogP contribution in [0.15, 0.2) is 6.07 Å². The van der Waals surface area contributed by atoms with Crippen molar-refractivity contribution in [2.45, 2.75) is 33.2 Å². The summed E-state index contributed by atoms with van der Waals surface area (Å²) in [6, 6.07) is 2.08. The van der Waals surface area contributed by atoms with Crippen molar-refractivity contribution in [3.63, 3.8) is 0 Å². The van der Waals surface area contributed by atoms with E-state index in [9.17, 15) is 4.79 Å². The summed E-state index contributed by atoms with van der Waals surface area (Å²) in [6.45, 7) is 7.25. The molecule has 23 heavy (non-hydrogen) atoms. The first-order valence-electron chi connectivity index (χ1n) is 7.34. The molecule has 2 aromatic heterocycles. The molecule has 6 nitrogen and oxygen atoms in total. The highest BCUT2D eigenvalue weighted by molar-refractivity contribution is 6.06. The molecule has 3 N–H and O–H groups in total. The number of aryl methyl sites for hydroxylation is 2. The van der Waals surface area contributed by atoms with Crippen molar-refractivity contribution in [3.05, 3.63) is 23.0 Å². The van der Waals surface area contributed by atoms with Gasteiger partial charge in [-0.2, -0.15) is 5.10 Å². The standard InChI is InChI=1S/C15H21N5O.2ClH/c1-8-4-12(13-10(3)18-19-14(13)17-8)15(21)20-7-11(6-16)5-9(20)2;;/h4,9,11H,5-7,16H2,1-3H3,(H,17,18,19);2*1H. The van der Waals surface area contributed by atoms with Crippen molar-refractivity contribution in [1.82, 2.24) is 20.1 Å².